The fourth-order valence-corrected chi connectivity index (χ4v) is 3.79. The van der Waals surface area contributed by atoms with E-state index in [0.29, 0.717) is 35.9 Å². The van der Waals surface area contributed by atoms with Gasteiger partial charge in [0.25, 0.3) is 0 Å². The topological polar surface area (TPSA) is 91.8 Å². The minimum Gasteiger partial charge on any atom is -0.481 e. The molecule has 0 aliphatic heterocycles. The van der Waals surface area contributed by atoms with Crippen LogP contribution in [0.15, 0.2) is 24.4 Å². The summed E-state index contributed by atoms with van der Waals surface area (Å²) >= 11 is 0. The number of carboxylic acids is 1. The summed E-state index contributed by atoms with van der Waals surface area (Å²) in [6.07, 6.45) is 4.28. The van der Waals surface area contributed by atoms with Gasteiger partial charge in [0, 0.05) is 5.39 Å². The van der Waals surface area contributed by atoms with Gasteiger partial charge in [-0.15, -0.1) is 0 Å². The van der Waals surface area contributed by atoms with E-state index in [-0.39, 0.29) is 23.4 Å². The summed E-state index contributed by atoms with van der Waals surface area (Å²) in [6.45, 7) is 0. The molecule has 2 heterocycles. The van der Waals surface area contributed by atoms with Crippen molar-refractivity contribution in [2.24, 2.45) is 11.8 Å². The Morgan fingerprint density at radius 3 is 2.96 bits per heavy atom. The minimum atomic E-state index is -0.798. The summed E-state index contributed by atoms with van der Waals surface area (Å²) in [7, 11) is 0. The third-order valence-corrected chi connectivity index (χ3v) is 5.17. The number of aliphatic carboxylic acids is 1. The van der Waals surface area contributed by atoms with Crippen molar-refractivity contribution in [3.8, 4) is 11.5 Å². The monoisotopic (exact) mass is 372 g/mol. The molecular weight excluding hydrogens is 354 g/mol. The molecule has 27 heavy (non-hydrogen) atoms. The standard InChI is InChI=1S/C19H18F2N4O2/c20-12-4-5-15-13(8-12)17(25-24-15)18-22-9-14(21)16(23-18)7-10-2-1-3-11(6-10)19(26)27/h4-5,8-11H,1-3,6-7H2,(H,24,25)(H,26,27)/t10-,11+/m1/s1. The zero-order valence-corrected chi connectivity index (χ0v) is 14.5. The number of carbonyl (C=O) groups is 1. The Hall–Kier alpha value is -2.90. The van der Waals surface area contributed by atoms with E-state index in [2.05, 4.69) is 20.2 Å². The van der Waals surface area contributed by atoms with Gasteiger partial charge in [-0.25, -0.2) is 18.7 Å². The van der Waals surface area contributed by atoms with Gasteiger partial charge in [-0.1, -0.05) is 12.8 Å². The molecule has 2 N–H and O–H groups in total. The molecule has 8 heteroatoms. The van der Waals surface area contributed by atoms with E-state index in [1.807, 2.05) is 0 Å². The molecule has 140 valence electrons. The summed E-state index contributed by atoms with van der Waals surface area (Å²) < 4.78 is 27.8. The van der Waals surface area contributed by atoms with Crippen molar-refractivity contribution in [3.63, 3.8) is 0 Å². The smallest absolute Gasteiger partial charge is 0.306 e. The molecule has 1 aromatic carbocycles. The Kier molecular flexibility index (Phi) is 4.55. The summed E-state index contributed by atoms with van der Waals surface area (Å²) in [4.78, 5) is 19.6. The lowest BCUT2D eigenvalue weighted by Gasteiger charge is -2.26. The predicted molar refractivity (Wildman–Crippen MR) is 93.8 cm³/mol. The lowest BCUT2D eigenvalue weighted by Crippen LogP contribution is -2.24. The van der Waals surface area contributed by atoms with Crippen molar-refractivity contribution >= 4 is 16.9 Å². The molecule has 6 nitrogen and oxygen atoms in total. The number of nitrogens with zero attached hydrogens (tertiary/aromatic N) is 3. The summed E-state index contributed by atoms with van der Waals surface area (Å²) in [6, 6.07) is 4.22. The molecule has 4 rings (SSSR count). The average molecular weight is 372 g/mol. The van der Waals surface area contributed by atoms with E-state index >= 15 is 0 Å². The van der Waals surface area contributed by atoms with Gasteiger partial charge in [-0.05, 0) is 43.4 Å². The summed E-state index contributed by atoms with van der Waals surface area (Å²) in [5.74, 6) is -1.84. The Morgan fingerprint density at radius 1 is 1.30 bits per heavy atom. The number of hydrogen-bond donors (Lipinski definition) is 2. The van der Waals surface area contributed by atoms with E-state index in [1.54, 1.807) is 6.07 Å². The maximum atomic E-state index is 14.3. The Labute approximate surface area is 153 Å². The number of aromatic nitrogens is 4. The zero-order chi connectivity index (χ0) is 19.0. The van der Waals surface area contributed by atoms with Crippen LogP contribution in [0.5, 0.6) is 0 Å². The molecule has 3 aromatic rings. The Balaban J connectivity index is 1.63. The van der Waals surface area contributed by atoms with Crippen molar-refractivity contribution in [2.45, 2.75) is 32.1 Å². The van der Waals surface area contributed by atoms with Crippen molar-refractivity contribution < 1.29 is 18.7 Å². The van der Waals surface area contributed by atoms with E-state index in [9.17, 15) is 18.7 Å². The molecule has 0 amide bonds. The molecule has 0 bridgehead atoms. The molecule has 1 aliphatic rings. The van der Waals surface area contributed by atoms with Gasteiger partial charge in [0.1, 0.15) is 11.5 Å². The van der Waals surface area contributed by atoms with Crippen LogP contribution in [-0.4, -0.2) is 31.2 Å². The van der Waals surface area contributed by atoms with E-state index in [1.165, 1.54) is 12.1 Å². The highest BCUT2D eigenvalue weighted by Crippen LogP contribution is 2.32. The van der Waals surface area contributed by atoms with Gasteiger partial charge in [-0.3, -0.25) is 9.89 Å². The molecule has 0 spiro atoms. The highest BCUT2D eigenvalue weighted by Gasteiger charge is 2.28. The van der Waals surface area contributed by atoms with Crippen LogP contribution in [0.3, 0.4) is 0 Å². The Bertz CT molecular complexity index is 1000. The summed E-state index contributed by atoms with van der Waals surface area (Å²) in [5.41, 5.74) is 1.24. The second-order valence-corrected chi connectivity index (χ2v) is 7.02. The van der Waals surface area contributed by atoms with Gasteiger partial charge in [0.2, 0.25) is 0 Å². The van der Waals surface area contributed by atoms with Gasteiger partial charge in [0.05, 0.1) is 23.3 Å². The van der Waals surface area contributed by atoms with Crippen LogP contribution in [0.25, 0.3) is 22.4 Å². The fourth-order valence-electron chi connectivity index (χ4n) is 3.79. The van der Waals surface area contributed by atoms with Crippen LogP contribution in [0, 0.1) is 23.5 Å². The van der Waals surface area contributed by atoms with Crippen LogP contribution in [0.1, 0.15) is 31.4 Å². The first-order valence-corrected chi connectivity index (χ1v) is 8.89. The fraction of sp³-hybridized carbons (Fsp3) is 0.368. The number of H-pyrrole nitrogens is 1. The minimum absolute atomic E-state index is 0.0606. The highest BCUT2D eigenvalue weighted by atomic mass is 19.1. The second kappa shape index (κ2) is 7.02. The number of benzene rings is 1. The van der Waals surface area contributed by atoms with Gasteiger partial charge < -0.3 is 5.11 Å². The third kappa shape index (κ3) is 3.51. The SMILES string of the molecule is O=C(O)[C@H]1CCC[C@@H](Cc2nc(-c3n[nH]c4ccc(F)cc34)ncc2F)C1. The molecule has 1 aliphatic carbocycles. The number of carboxylic acid groups (broad SMARTS) is 1. The van der Waals surface area contributed by atoms with E-state index in [0.717, 1.165) is 19.0 Å². The van der Waals surface area contributed by atoms with Gasteiger partial charge in [-0.2, -0.15) is 5.10 Å². The quantitative estimate of drug-likeness (QED) is 0.728. The zero-order valence-electron chi connectivity index (χ0n) is 14.5. The highest BCUT2D eigenvalue weighted by molar-refractivity contribution is 5.91. The van der Waals surface area contributed by atoms with E-state index in [4.69, 9.17) is 0 Å². The lowest BCUT2D eigenvalue weighted by atomic mass is 9.79. The molecule has 2 aromatic heterocycles. The molecule has 2 atom stereocenters. The molecule has 0 unspecified atom stereocenters. The van der Waals surface area contributed by atoms with E-state index < -0.39 is 17.6 Å². The van der Waals surface area contributed by atoms with Crippen LogP contribution in [0.4, 0.5) is 8.78 Å². The first-order chi connectivity index (χ1) is 13.0. The first kappa shape index (κ1) is 17.5. The molecule has 1 saturated carbocycles. The van der Waals surface area contributed by atoms with Gasteiger partial charge in [0.15, 0.2) is 11.6 Å². The second-order valence-electron chi connectivity index (χ2n) is 7.02. The normalized spacial score (nSPS) is 20.1. The number of fused-ring (bicyclic) bond motifs is 1. The number of aromatic amines is 1. The number of halogens is 2. The van der Waals surface area contributed by atoms with Gasteiger partial charge >= 0.3 is 5.97 Å². The number of rotatable bonds is 4. The van der Waals surface area contributed by atoms with Crippen molar-refractivity contribution in [2.75, 3.05) is 0 Å². The van der Waals surface area contributed by atoms with Crippen molar-refractivity contribution in [1.29, 1.82) is 0 Å². The van der Waals surface area contributed by atoms with Crippen LogP contribution in [-0.2, 0) is 11.2 Å². The number of hydrogen-bond acceptors (Lipinski definition) is 4. The molecule has 0 radical (unpaired) electrons. The summed E-state index contributed by atoms with van der Waals surface area (Å²) in [5, 5.41) is 16.7. The van der Waals surface area contributed by atoms with Crippen LogP contribution < -0.4 is 0 Å². The first-order valence-electron chi connectivity index (χ1n) is 8.89. The molecular formula is C19H18F2N4O2. The lowest BCUT2D eigenvalue weighted by molar-refractivity contribution is -0.143. The average Bonchev–Trinajstić information content (AvgIpc) is 3.07. The Morgan fingerprint density at radius 2 is 2.15 bits per heavy atom. The largest absolute Gasteiger partial charge is 0.481 e. The third-order valence-electron chi connectivity index (χ3n) is 5.17. The van der Waals surface area contributed by atoms with Crippen LogP contribution >= 0.6 is 0 Å². The van der Waals surface area contributed by atoms with Crippen molar-refractivity contribution in [3.05, 3.63) is 41.7 Å². The van der Waals surface area contributed by atoms with Crippen LogP contribution in [0.2, 0.25) is 0 Å². The molecule has 1 fully saturated rings. The number of nitrogens with one attached hydrogen (secondary N) is 1. The predicted octanol–water partition coefficient (Wildman–Crippen LogP) is 3.73. The van der Waals surface area contributed by atoms with Crippen molar-refractivity contribution in [1.82, 2.24) is 20.2 Å². The maximum Gasteiger partial charge on any atom is 0.306 e. The maximum absolute atomic E-state index is 14.3. The molecule has 0 saturated heterocycles.